The van der Waals surface area contributed by atoms with Crippen molar-refractivity contribution in [2.24, 2.45) is 0 Å². The van der Waals surface area contributed by atoms with Crippen molar-refractivity contribution in [3.63, 3.8) is 0 Å². The Morgan fingerprint density at radius 1 is 1.28 bits per heavy atom. The van der Waals surface area contributed by atoms with E-state index in [1.54, 1.807) is 0 Å². The van der Waals surface area contributed by atoms with Crippen molar-refractivity contribution in [3.8, 4) is 11.4 Å². The summed E-state index contributed by atoms with van der Waals surface area (Å²) in [5, 5.41) is 8.82. The number of hydrogen-bond acceptors (Lipinski definition) is 4. The first kappa shape index (κ1) is 11.9. The first-order valence-corrected chi connectivity index (χ1v) is 4.81. The lowest BCUT2D eigenvalue weighted by atomic mass is 10.2. The van der Waals surface area contributed by atoms with E-state index in [9.17, 15) is 13.6 Å². The van der Waals surface area contributed by atoms with Gasteiger partial charge in [-0.2, -0.15) is 0 Å². The SMILES string of the molecule is Nc1cc(F)c(-c2ncccc2F)nc1C(=O)O. The summed E-state index contributed by atoms with van der Waals surface area (Å²) in [6.07, 6.45) is 1.25. The lowest BCUT2D eigenvalue weighted by Crippen LogP contribution is -2.08. The molecule has 0 aliphatic heterocycles. The maximum atomic E-state index is 13.6. The normalized spacial score (nSPS) is 10.3. The van der Waals surface area contributed by atoms with Crippen LogP contribution in [0.25, 0.3) is 11.4 Å². The third-order valence-electron chi connectivity index (χ3n) is 2.19. The summed E-state index contributed by atoms with van der Waals surface area (Å²) in [4.78, 5) is 18.0. The molecule has 5 nitrogen and oxygen atoms in total. The molecule has 3 N–H and O–H groups in total. The number of nitrogen functional groups attached to an aromatic ring is 1. The number of hydrogen-bond donors (Lipinski definition) is 2. The number of aromatic carboxylic acids is 1. The Bertz CT molecular complexity index is 632. The molecular weight excluding hydrogens is 244 g/mol. The number of carboxylic acids is 1. The largest absolute Gasteiger partial charge is 0.476 e. The molecule has 0 spiro atoms. The Balaban J connectivity index is 2.69. The molecule has 0 radical (unpaired) electrons. The van der Waals surface area contributed by atoms with Gasteiger partial charge in [-0.3, -0.25) is 4.98 Å². The van der Waals surface area contributed by atoms with Crippen molar-refractivity contribution in [3.05, 3.63) is 41.7 Å². The van der Waals surface area contributed by atoms with Crippen molar-refractivity contribution in [2.45, 2.75) is 0 Å². The van der Waals surface area contributed by atoms with Gasteiger partial charge in [0.2, 0.25) is 0 Å². The molecule has 0 bridgehead atoms. The van der Waals surface area contributed by atoms with Crippen LogP contribution in [-0.4, -0.2) is 21.0 Å². The molecule has 2 aromatic rings. The van der Waals surface area contributed by atoms with Crippen LogP contribution < -0.4 is 5.73 Å². The van der Waals surface area contributed by atoms with E-state index in [1.807, 2.05) is 0 Å². The summed E-state index contributed by atoms with van der Waals surface area (Å²) in [6.45, 7) is 0. The second-order valence-electron chi connectivity index (χ2n) is 3.40. The van der Waals surface area contributed by atoms with E-state index in [0.717, 1.165) is 12.1 Å². The second kappa shape index (κ2) is 4.36. The number of nitrogens with zero attached hydrogens (tertiary/aromatic N) is 2. The van der Waals surface area contributed by atoms with E-state index in [-0.39, 0.29) is 11.4 Å². The van der Waals surface area contributed by atoms with Crippen molar-refractivity contribution in [1.82, 2.24) is 9.97 Å². The molecule has 2 heterocycles. The second-order valence-corrected chi connectivity index (χ2v) is 3.40. The number of aromatic nitrogens is 2. The molecule has 2 aromatic heterocycles. The molecule has 0 aliphatic carbocycles. The summed E-state index contributed by atoms with van der Waals surface area (Å²) >= 11 is 0. The van der Waals surface area contributed by atoms with Crippen LogP contribution in [0.4, 0.5) is 14.5 Å². The van der Waals surface area contributed by atoms with E-state index in [2.05, 4.69) is 9.97 Å². The topological polar surface area (TPSA) is 89.1 Å². The smallest absolute Gasteiger partial charge is 0.356 e. The molecule has 0 amide bonds. The van der Waals surface area contributed by atoms with E-state index in [0.29, 0.717) is 0 Å². The predicted molar refractivity (Wildman–Crippen MR) is 58.8 cm³/mol. The van der Waals surface area contributed by atoms with Crippen LogP contribution in [0.15, 0.2) is 24.4 Å². The summed E-state index contributed by atoms with van der Waals surface area (Å²) in [5.41, 5.74) is 3.58. The molecular formula is C11H7F2N3O2. The van der Waals surface area contributed by atoms with Gasteiger partial charge in [0.05, 0.1) is 5.69 Å². The maximum absolute atomic E-state index is 13.6. The minimum atomic E-state index is -1.43. The molecule has 92 valence electrons. The Morgan fingerprint density at radius 2 is 2.00 bits per heavy atom. The third kappa shape index (κ3) is 1.97. The van der Waals surface area contributed by atoms with Gasteiger partial charge in [0.1, 0.15) is 11.4 Å². The van der Waals surface area contributed by atoms with Crippen LogP contribution in [0, 0.1) is 11.6 Å². The zero-order valence-corrected chi connectivity index (χ0v) is 8.89. The Kier molecular flexibility index (Phi) is 2.88. The van der Waals surface area contributed by atoms with Gasteiger partial charge < -0.3 is 10.8 Å². The van der Waals surface area contributed by atoms with E-state index >= 15 is 0 Å². The fraction of sp³-hybridized carbons (Fsp3) is 0. The van der Waals surface area contributed by atoms with Crippen LogP contribution in [0.2, 0.25) is 0 Å². The minimum absolute atomic E-state index is 0.333. The molecule has 7 heteroatoms. The van der Waals surface area contributed by atoms with Crippen LogP contribution in [0.3, 0.4) is 0 Å². The summed E-state index contributed by atoms with van der Waals surface area (Å²) in [5.74, 6) is -3.16. The van der Waals surface area contributed by atoms with Gasteiger partial charge in [-0.25, -0.2) is 18.6 Å². The molecule has 18 heavy (non-hydrogen) atoms. The van der Waals surface area contributed by atoms with Gasteiger partial charge in [-0.15, -0.1) is 0 Å². The average Bonchev–Trinajstić information content (AvgIpc) is 2.30. The number of nitrogens with two attached hydrogens (primary N) is 1. The highest BCUT2D eigenvalue weighted by Gasteiger charge is 2.19. The fourth-order valence-corrected chi connectivity index (χ4v) is 1.40. The highest BCUT2D eigenvalue weighted by atomic mass is 19.1. The third-order valence-corrected chi connectivity index (χ3v) is 2.19. The van der Waals surface area contributed by atoms with Gasteiger partial charge in [0.15, 0.2) is 17.3 Å². The summed E-state index contributed by atoms with van der Waals surface area (Å²) < 4.78 is 27.1. The van der Waals surface area contributed by atoms with Crippen molar-refractivity contribution in [2.75, 3.05) is 5.73 Å². The zero-order chi connectivity index (χ0) is 13.3. The van der Waals surface area contributed by atoms with Gasteiger partial charge in [-0.05, 0) is 12.1 Å². The van der Waals surface area contributed by atoms with Gasteiger partial charge >= 0.3 is 5.97 Å². The Labute approximate surface area is 99.9 Å². The average molecular weight is 251 g/mol. The number of pyridine rings is 2. The monoisotopic (exact) mass is 251 g/mol. The number of carbonyl (C=O) groups is 1. The highest BCUT2D eigenvalue weighted by Crippen LogP contribution is 2.24. The molecule has 0 unspecified atom stereocenters. The van der Waals surface area contributed by atoms with Crippen LogP contribution >= 0.6 is 0 Å². The number of carboxylic acid groups (broad SMARTS) is 1. The molecule has 0 fully saturated rings. The number of anilines is 1. The van der Waals surface area contributed by atoms with E-state index < -0.39 is 29.0 Å². The summed E-state index contributed by atoms with van der Waals surface area (Å²) in [7, 11) is 0. The molecule has 0 atom stereocenters. The molecule has 0 saturated heterocycles. The first-order valence-electron chi connectivity index (χ1n) is 4.81. The van der Waals surface area contributed by atoms with Crippen LogP contribution in [0.5, 0.6) is 0 Å². The lowest BCUT2D eigenvalue weighted by molar-refractivity contribution is 0.0692. The van der Waals surface area contributed by atoms with Gasteiger partial charge in [0, 0.05) is 12.3 Å². The Morgan fingerprint density at radius 3 is 2.61 bits per heavy atom. The zero-order valence-electron chi connectivity index (χ0n) is 8.89. The van der Waals surface area contributed by atoms with E-state index in [1.165, 1.54) is 12.3 Å². The first-order chi connectivity index (χ1) is 8.50. The molecule has 2 rings (SSSR count). The lowest BCUT2D eigenvalue weighted by Gasteiger charge is -2.06. The number of halogens is 2. The van der Waals surface area contributed by atoms with Crippen molar-refractivity contribution >= 4 is 11.7 Å². The Hall–Kier alpha value is -2.57. The van der Waals surface area contributed by atoms with Gasteiger partial charge in [0.25, 0.3) is 0 Å². The van der Waals surface area contributed by atoms with Crippen LogP contribution in [-0.2, 0) is 0 Å². The highest BCUT2D eigenvalue weighted by molar-refractivity contribution is 5.92. The quantitative estimate of drug-likeness (QED) is 0.847. The van der Waals surface area contributed by atoms with Crippen molar-refractivity contribution in [1.29, 1.82) is 0 Å². The predicted octanol–water partition coefficient (Wildman–Crippen LogP) is 1.70. The van der Waals surface area contributed by atoms with Crippen molar-refractivity contribution < 1.29 is 18.7 Å². The van der Waals surface area contributed by atoms with E-state index in [4.69, 9.17) is 10.8 Å². The maximum Gasteiger partial charge on any atom is 0.356 e. The summed E-state index contributed by atoms with van der Waals surface area (Å²) in [6, 6.07) is 3.17. The fourth-order valence-electron chi connectivity index (χ4n) is 1.40. The minimum Gasteiger partial charge on any atom is -0.476 e. The van der Waals surface area contributed by atoms with Gasteiger partial charge in [-0.1, -0.05) is 0 Å². The molecule has 0 aliphatic rings. The standard InChI is InChI=1S/C11H7F2N3O2/c12-5-2-1-3-15-8(5)9-6(13)4-7(14)10(16-9)11(17)18/h1-4H,14H2,(H,17,18). The molecule has 0 saturated carbocycles. The van der Waals surface area contributed by atoms with Crippen LogP contribution in [0.1, 0.15) is 10.5 Å². The molecule has 0 aromatic carbocycles. The number of rotatable bonds is 2.